The number of Topliss-reactive ketones (excluding diaryl/α,β-unsaturated/α-hetero) is 1. The first-order valence-corrected chi connectivity index (χ1v) is 7.46. The van der Waals surface area contributed by atoms with Crippen molar-refractivity contribution >= 4 is 29.0 Å². The molecule has 2 aromatic carbocycles. The first kappa shape index (κ1) is 15.5. The summed E-state index contributed by atoms with van der Waals surface area (Å²) in [5.74, 6) is 1.04. The van der Waals surface area contributed by atoms with Crippen LogP contribution in [0.2, 0.25) is 10.0 Å². The van der Waals surface area contributed by atoms with Gasteiger partial charge in [0, 0.05) is 16.7 Å². The Hall–Kier alpha value is -2.37. The predicted molar refractivity (Wildman–Crippen MR) is 87.3 cm³/mol. The van der Waals surface area contributed by atoms with Gasteiger partial charge in [-0.1, -0.05) is 23.2 Å². The molecule has 1 heterocycles. The zero-order valence-corrected chi connectivity index (χ0v) is 13.3. The molecule has 0 amide bonds. The van der Waals surface area contributed by atoms with Crippen LogP contribution < -0.4 is 4.74 Å². The van der Waals surface area contributed by atoms with Gasteiger partial charge in [0.15, 0.2) is 5.78 Å². The number of hydrogen-bond donors (Lipinski definition) is 0. The number of nitrogens with zero attached hydrogens (tertiary/aromatic N) is 3. The number of ketones is 1. The lowest BCUT2D eigenvalue weighted by Crippen LogP contribution is -2.09. The fraction of sp³-hybridized carbons (Fsp3) is 0.0625. The van der Waals surface area contributed by atoms with E-state index in [4.69, 9.17) is 27.9 Å². The van der Waals surface area contributed by atoms with Crippen LogP contribution in [0.5, 0.6) is 11.5 Å². The van der Waals surface area contributed by atoms with Gasteiger partial charge in [0.25, 0.3) is 0 Å². The first-order valence-electron chi connectivity index (χ1n) is 6.70. The van der Waals surface area contributed by atoms with Crippen LogP contribution in [0.1, 0.15) is 10.4 Å². The molecular weight excluding hydrogens is 337 g/mol. The maximum Gasteiger partial charge on any atom is 0.184 e. The largest absolute Gasteiger partial charge is 0.457 e. The number of benzene rings is 2. The minimum atomic E-state index is -0.132. The number of carbonyl (C=O) groups excluding carboxylic acids is 1. The van der Waals surface area contributed by atoms with E-state index in [0.717, 1.165) is 0 Å². The van der Waals surface area contributed by atoms with E-state index >= 15 is 0 Å². The maximum absolute atomic E-state index is 12.2. The number of ether oxygens (including phenoxy) is 1. The molecule has 0 unspecified atom stereocenters. The number of halogens is 2. The van der Waals surface area contributed by atoms with E-state index in [0.29, 0.717) is 27.1 Å². The van der Waals surface area contributed by atoms with E-state index in [1.54, 1.807) is 47.0 Å². The Labute approximate surface area is 142 Å². The molecule has 0 spiro atoms. The fourth-order valence-corrected chi connectivity index (χ4v) is 2.38. The lowest BCUT2D eigenvalue weighted by molar-refractivity contribution is 0.0972. The van der Waals surface area contributed by atoms with Crippen molar-refractivity contribution in [3.63, 3.8) is 0 Å². The molecule has 0 N–H and O–H groups in total. The molecule has 0 saturated carbocycles. The zero-order chi connectivity index (χ0) is 16.2. The van der Waals surface area contributed by atoms with Gasteiger partial charge < -0.3 is 9.30 Å². The second-order valence-corrected chi connectivity index (χ2v) is 5.60. The van der Waals surface area contributed by atoms with Gasteiger partial charge in [0.2, 0.25) is 0 Å². The highest BCUT2D eigenvalue weighted by Gasteiger charge is 2.12. The van der Waals surface area contributed by atoms with E-state index < -0.39 is 0 Å². The van der Waals surface area contributed by atoms with Crippen molar-refractivity contribution in [3.05, 3.63) is 70.7 Å². The molecular formula is C16H11Cl2N3O2. The molecule has 7 heteroatoms. The van der Waals surface area contributed by atoms with E-state index in [9.17, 15) is 4.79 Å². The molecule has 116 valence electrons. The van der Waals surface area contributed by atoms with Gasteiger partial charge in [-0.2, -0.15) is 0 Å². The number of hydrogen-bond acceptors (Lipinski definition) is 4. The van der Waals surface area contributed by atoms with Crippen molar-refractivity contribution in [2.24, 2.45) is 0 Å². The average Bonchev–Trinajstić information content (AvgIpc) is 3.02. The van der Waals surface area contributed by atoms with Gasteiger partial charge in [-0.05, 0) is 36.4 Å². The molecule has 0 saturated heterocycles. The Morgan fingerprint density at radius 2 is 1.65 bits per heavy atom. The Balaban J connectivity index is 1.75. The number of carbonyl (C=O) groups is 1. The van der Waals surface area contributed by atoms with Crippen LogP contribution in [0.3, 0.4) is 0 Å². The summed E-state index contributed by atoms with van der Waals surface area (Å²) >= 11 is 12.0. The Kier molecular flexibility index (Phi) is 4.60. The van der Waals surface area contributed by atoms with Gasteiger partial charge in [0.1, 0.15) is 24.2 Å². The van der Waals surface area contributed by atoms with E-state index in [2.05, 4.69) is 10.2 Å². The lowest BCUT2D eigenvalue weighted by atomic mass is 10.1. The molecule has 0 atom stereocenters. The van der Waals surface area contributed by atoms with E-state index in [1.165, 1.54) is 12.7 Å². The summed E-state index contributed by atoms with van der Waals surface area (Å²) in [6, 6.07) is 11.9. The molecule has 0 aliphatic rings. The van der Waals surface area contributed by atoms with Crippen molar-refractivity contribution in [1.29, 1.82) is 0 Å². The fourth-order valence-electron chi connectivity index (χ4n) is 1.98. The third-order valence-electron chi connectivity index (χ3n) is 3.08. The normalized spacial score (nSPS) is 10.5. The molecule has 0 aliphatic carbocycles. The zero-order valence-electron chi connectivity index (χ0n) is 11.8. The van der Waals surface area contributed by atoms with Gasteiger partial charge in [-0.15, -0.1) is 10.2 Å². The lowest BCUT2D eigenvalue weighted by Gasteiger charge is -2.09. The highest BCUT2D eigenvalue weighted by atomic mass is 35.5. The summed E-state index contributed by atoms with van der Waals surface area (Å²) in [5, 5.41) is 8.27. The second-order valence-electron chi connectivity index (χ2n) is 4.76. The van der Waals surface area contributed by atoms with Crippen molar-refractivity contribution in [1.82, 2.24) is 14.8 Å². The molecule has 0 aliphatic heterocycles. The number of rotatable bonds is 5. The first-order chi connectivity index (χ1) is 11.1. The molecule has 0 bridgehead atoms. The predicted octanol–water partition coefficient (Wildman–Crippen LogP) is 4.26. The topological polar surface area (TPSA) is 57.0 Å². The minimum absolute atomic E-state index is 0.129. The van der Waals surface area contributed by atoms with Crippen LogP contribution in [0.15, 0.2) is 55.1 Å². The molecule has 23 heavy (non-hydrogen) atoms. The Morgan fingerprint density at radius 3 is 2.30 bits per heavy atom. The van der Waals surface area contributed by atoms with Crippen LogP contribution in [0.4, 0.5) is 0 Å². The second kappa shape index (κ2) is 6.81. The minimum Gasteiger partial charge on any atom is -0.457 e. The maximum atomic E-state index is 12.2. The summed E-state index contributed by atoms with van der Waals surface area (Å²) in [4.78, 5) is 12.2. The molecule has 1 aromatic heterocycles. The van der Waals surface area contributed by atoms with Crippen molar-refractivity contribution in [2.45, 2.75) is 6.54 Å². The molecule has 5 nitrogen and oxygen atoms in total. The third-order valence-corrected chi connectivity index (χ3v) is 3.65. The van der Waals surface area contributed by atoms with Crippen molar-refractivity contribution in [2.75, 3.05) is 0 Å². The van der Waals surface area contributed by atoms with Gasteiger partial charge in [0.05, 0.1) is 11.6 Å². The summed E-state index contributed by atoms with van der Waals surface area (Å²) in [6.45, 7) is 0.129. The molecule has 0 fully saturated rings. The highest BCUT2D eigenvalue weighted by Crippen LogP contribution is 2.28. The van der Waals surface area contributed by atoms with Crippen LogP contribution in [-0.4, -0.2) is 20.5 Å². The molecule has 3 rings (SSSR count). The van der Waals surface area contributed by atoms with Crippen LogP contribution in [-0.2, 0) is 6.54 Å². The Morgan fingerprint density at radius 1 is 1.00 bits per heavy atom. The average molecular weight is 348 g/mol. The smallest absolute Gasteiger partial charge is 0.184 e. The van der Waals surface area contributed by atoms with Crippen LogP contribution in [0.25, 0.3) is 0 Å². The quantitative estimate of drug-likeness (QED) is 0.647. The van der Waals surface area contributed by atoms with Gasteiger partial charge in [-0.25, -0.2) is 0 Å². The summed E-state index contributed by atoms with van der Waals surface area (Å²) in [7, 11) is 0. The van der Waals surface area contributed by atoms with Crippen molar-refractivity contribution < 1.29 is 9.53 Å². The summed E-state index contributed by atoms with van der Waals surface area (Å²) in [6.07, 6.45) is 2.95. The molecule has 0 radical (unpaired) electrons. The SMILES string of the molecule is O=C(Cn1cnnc1)c1ccc(Oc2ccc(Cl)cc2)cc1Cl. The van der Waals surface area contributed by atoms with Crippen molar-refractivity contribution in [3.8, 4) is 11.5 Å². The number of aromatic nitrogens is 3. The van der Waals surface area contributed by atoms with E-state index in [1.807, 2.05) is 0 Å². The van der Waals surface area contributed by atoms with Crippen LogP contribution >= 0.6 is 23.2 Å². The van der Waals surface area contributed by atoms with Crippen LogP contribution in [0, 0.1) is 0 Å². The standard InChI is InChI=1S/C16H11Cl2N3O2/c17-11-1-3-12(4-2-11)23-13-5-6-14(15(18)7-13)16(22)8-21-9-19-20-10-21/h1-7,9-10H,8H2. The van der Waals surface area contributed by atoms with E-state index in [-0.39, 0.29) is 12.3 Å². The Bertz CT molecular complexity index is 818. The molecule has 3 aromatic rings. The monoisotopic (exact) mass is 347 g/mol. The summed E-state index contributed by atoms with van der Waals surface area (Å²) in [5.41, 5.74) is 0.420. The highest BCUT2D eigenvalue weighted by molar-refractivity contribution is 6.34. The third kappa shape index (κ3) is 3.88. The van der Waals surface area contributed by atoms with Gasteiger partial charge >= 0.3 is 0 Å². The van der Waals surface area contributed by atoms with Gasteiger partial charge in [-0.3, -0.25) is 4.79 Å². The summed E-state index contributed by atoms with van der Waals surface area (Å²) < 4.78 is 7.26.